The van der Waals surface area contributed by atoms with Crippen LogP contribution < -0.4 is 0 Å². The molecule has 5 rings (SSSR count). The molecule has 1 spiro atoms. The Hall–Kier alpha value is -0.240. The second-order valence-electron chi connectivity index (χ2n) is 10.7. The van der Waals surface area contributed by atoms with Crippen molar-refractivity contribution in [1.82, 2.24) is 0 Å². The zero-order valence-electron chi connectivity index (χ0n) is 19.9. The van der Waals surface area contributed by atoms with Crippen LogP contribution in [0.5, 0.6) is 0 Å². The summed E-state index contributed by atoms with van der Waals surface area (Å²) >= 11 is 0. The van der Waals surface area contributed by atoms with Crippen LogP contribution in [0.25, 0.3) is 0 Å². The van der Waals surface area contributed by atoms with Gasteiger partial charge in [-0.05, 0) is 50.9 Å². The summed E-state index contributed by atoms with van der Waals surface area (Å²) in [4.78, 5) is 12.1. The average Bonchev–Trinajstić information content (AvgIpc) is 2.99. The highest BCUT2D eigenvalue weighted by molar-refractivity contribution is 5.09. The Balaban J connectivity index is 1.27. The summed E-state index contributed by atoms with van der Waals surface area (Å²) in [5.74, 6) is 0.857. The molecular weight excluding hydrogens is 396 g/mol. The molecule has 0 aromatic carbocycles. The number of hydrogen-bond donors (Lipinski definition) is 1. The molecule has 8 atom stereocenters. The maximum absolute atomic E-state index is 8.83. The van der Waals surface area contributed by atoms with Gasteiger partial charge in [0.05, 0.1) is 0 Å². The van der Waals surface area contributed by atoms with Crippen molar-refractivity contribution in [3.8, 4) is 0 Å². The standard InChI is InChI=1S/C25H44O6/c1-18-12-13-21-19(2)22(27-17-11-9-7-5-4-6-8-10-16-26)28-23-25(21)20(18)14-15-24(3,29-23)30-31-25/h18-23,26H,4-17H2,1-3H3/t18-,19-,20+,21+,22?,23-,24-,25-/m1/s1. The number of ether oxygens (including phenoxy) is 3. The summed E-state index contributed by atoms with van der Waals surface area (Å²) in [6.07, 6.45) is 13.0. The highest BCUT2D eigenvalue weighted by atomic mass is 17.3. The number of rotatable bonds is 11. The van der Waals surface area contributed by atoms with Gasteiger partial charge in [-0.15, -0.1) is 0 Å². The first-order chi connectivity index (χ1) is 15.0. The molecule has 4 saturated heterocycles. The van der Waals surface area contributed by atoms with E-state index in [4.69, 9.17) is 29.1 Å². The van der Waals surface area contributed by atoms with Crippen LogP contribution in [0.3, 0.4) is 0 Å². The molecule has 1 unspecified atom stereocenters. The fraction of sp³-hybridized carbons (Fsp3) is 1.00. The highest BCUT2D eigenvalue weighted by Gasteiger charge is 2.69. The summed E-state index contributed by atoms with van der Waals surface area (Å²) in [7, 11) is 0. The van der Waals surface area contributed by atoms with E-state index in [0.29, 0.717) is 24.4 Å². The third kappa shape index (κ3) is 4.85. The molecule has 4 aliphatic heterocycles. The van der Waals surface area contributed by atoms with Crippen molar-refractivity contribution in [2.75, 3.05) is 13.2 Å². The lowest BCUT2D eigenvalue weighted by molar-refractivity contribution is -0.577. The molecule has 2 bridgehead atoms. The SMILES string of the molecule is C[C@@H]1CC[C@H]2[C@@H](C)C(OCCCCCCCCCCO)O[C@@H]3O[C@@]4(C)CC[C@@H]1[C@]32OO4. The normalized spacial score (nSPS) is 44.1. The number of fused-ring (bicyclic) bond motifs is 2. The maximum atomic E-state index is 8.83. The first-order valence-electron chi connectivity index (χ1n) is 12.9. The molecule has 6 heteroatoms. The Morgan fingerprint density at radius 3 is 2.32 bits per heavy atom. The monoisotopic (exact) mass is 440 g/mol. The van der Waals surface area contributed by atoms with Gasteiger partial charge in [-0.2, -0.15) is 0 Å². The van der Waals surface area contributed by atoms with Crippen LogP contribution in [-0.2, 0) is 24.0 Å². The third-order valence-electron chi connectivity index (χ3n) is 8.43. The van der Waals surface area contributed by atoms with E-state index >= 15 is 0 Å². The van der Waals surface area contributed by atoms with E-state index < -0.39 is 17.7 Å². The summed E-state index contributed by atoms with van der Waals surface area (Å²) in [5, 5.41) is 8.83. The first-order valence-corrected chi connectivity index (χ1v) is 12.9. The van der Waals surface area contributed by atoms with E-state index in [0.717, 1.165) is 45.1 Å². The molecule has 1 aliphatic carbocycles. The predicted molar refractivity (Wildman–Crippen MR) is 117 cm³/mol. The molecule has 5 fully saturated rings. The molecule has 0 radical (unpaired) electrons. The van der Waals surface area contributed by atoms with Crippen LogP contribution >= 0.6 is 0 Å². The van der Waals surface area contributed by atoms with E-state index in [-0.39, 0.29) is 12.2 Å². The molecule has 0 amide bonds. The summed E-state index contributed by atoms with van der Waals surface area (Å²) in [5.41, 5.74) is -0.497. The fourth-order valence-electron chi connectivity index (χ4n) is 6.54. The van der Waals surface area contributed by atoms with Crippen molar-refractivity contribution < 1.29 is 29.1 Å². The maximum Gasteiger partial charge on any atom is 0.201 e. The van der Waals surface area contributed by atoms with E-state index in [1.54, 1.807) is 0 Å². The van der Waals surface area contributed by atoms with E-state index in [1.807, 2.05) is 6.92 Å². The molecule has 31 heavy (non-hydrogen) atoms. The summed E-state index contributed by atoms with van der Waals surface area (Å²) in [6, 6.07) is 0. The van der Waals surface area contributed by atoms with Crippen LogP contribution in [-0.4, -0.2) is 42.3 Å². The molecule has 0 aromatic rings. The number of aliphatic hydroxyl groups excluding tert-OH is 1. The quantitative estimate of drug-likeness (QED) is 0.346. The Labute approximate surface area is 188 Å². The van der Waals surface area contributed by atoms with Crippen molar-refractivity contribution in [3.63, 3.8) is 0 Å². The van der Waals surface area contributed by atoms with Crippen LogP contribution in [0.4, 0.5) is 0 Å². The molecule has 1 saturated carbocycles. The van der Waals surface area contributed by atoms with E-state index in [1.165, 1.54) is 38.5 Å². The second kappa shape index (κ2) is 10.4. The first kappa shape index (κ1) is 23.9. The van der Waals surface area contributed by atoms with Crippen molar-refractivity contribution in [2.45, 2.75) is 122 Å². The van der Waals surface area contributed by atoms with Crippen LogP contribution in [0.1, 0.15) is 97.8 Å². The van der Waals surface area contributed by atoms with Gasteiger partial charge in [0, 0.05) is 31.5 Å². The third-order valence-corrected chi connectivity index (χ3v) is 8.43. The zero-order valence-corrected chi connectivity index (χ0v) is 19.9. The molecule has 1 N–H and O–H groups in total. The lowest BCUT2D eigenvalue weighted by Crippen LogP contribution is -2.70. The largest absolute Gasteiger partial charge is 0.396 e. The van der Waals surface area contributed by atoms with E-state index in [2.05, 4.69) is 13.8 Å². The van der Waals surface area contributed by atoms with Crippen molar-refractivity contribution in [2.24, 2.45) is 23.7 Å². The Bertz CT molecular complexity index is 572. The van der Waals surface area contributed by atoms with Gasteiger partial charge in [0.1, 0.15) is 0 Å². The van der Waals surface area contributed by atoms with Gasteiger partial charge in [-0.3, -0.25) is 0 Å². The number of hydrogen-bond acceptors (Lipinski definition) is 6. The van der Waals surface area contributed by atoms with Gasteiger partial charge in [-0.1, -0.05) is 52.4 Å². The Morgan fingerprint density at radius 2 is 1.58 bits per heavy atom. The number of aliphatic hydroxyl groups is 1. The van der Waals surface area contributed by atoms with Gasteiger partial charge >= 0.3 is 0 Å². The second-order valence-corrected chi connectivity index (χ2v) is 10.7. The summed E-state index contributed by atoms with van der Waals surface area (Å²) in [6.45, 7) is 7.63. The van der Waals surface area contributed by atoms with Crippen LogP contribution in [0, 0.1) is 23.7 Å². The predicted octanol–water partition coefficient (Wildman–Crippen LogP) is 5.32. The lowest BCUT2D eigenvalue weighted by Gasteiger charge is -2.60. The van der Waals surface area contributed by atoms with Crippen LogP contribution in [0.15, 0.2) is 0 Å². The molecular formula is C25H44O6. The Morgan fingerprint density at radius 1 is 0.871 bits per heavy atom. The van der Waals surface area contributed by atoms with Crippen molar-refractivity contribution in [1.29, 1.82) is 0 Å². The van der Waals surface area contributed by atoms with Gasteiger partial charge < -0.3 is 19.3 Å². The molecule has 180 valence electrons. The minimum absolute atomic E-state index is 0.236. The van der Waals surface area contributed by atoms with Gasteiger partial charge in [0.15, 0.2) is 18.2 Å². The molecule has 0 aromatic heterocycles. The molecule has 6 nitrogen and oxygen atoms in total. The molecule has 4 heterocycles. The summed E-state index contributed by atoms with van der Waals surface area (Å²) < 4.78 is 19.1. The fourth-order valence-corrected chi connectivity index (χ4v) is 6.54. The lowest BCUT2D eigenvalue weighted by atomic mass is 9.58. The minimum atomic E-state index is -0.722. The van der Waals surface area contributed by atoms with Gasteiger partial charge in [0.25, 0.3) is 0 Å². The van der Waals surface area contributed by atoms with Gasteiger partial charge in [-0.25, -0.2) is 9.78 Å². The topological polar surface area (TPSA) is 66.4 Å². The Kier molecular flexibility index (Phi) is 7.98. The van der Waals surface area contributed by atoms with Crippen LogP contribution in [0.2, 0.25) is 0 Å². The molecule has 5 aliphatic rings. The zero-order chi connectivity index (χ0) is 21.9. The smallest absolute Gasteiger partial charge is 0.201 e. The van der Waals surface area contributed by atoms with Crippen molar-refractivity contribution in [3.05, 3.63) is 0 Å². The van der Waals surface area contributed by atoms with Crippen molar-refractivity contribution >= 4 is 0 Å². The minimum Gasteiger partial charge on any atom is -0.396 e. The average molecular weight is 441 g/mol. The number of unbranched alkanes of at least 4 members (excludes halogenated alkanes) is 7. The van der Waals surface area contributed by atoms with E-state index in [9.17, 15) is 0 Å². The van der Waals surface area contributed by atoms with Gasteiger partial charge in [0.2, 0.25) is 5.79 Å². The highest BCUT2D eigenvalue weighted by Crippen LogP contribution is 2.60.